The normalized spacial score (nSPS) is 12.8. The number of carbonyl (C=O) groups is 1. The van der Waals surface area contributed by atoms with E-state index in [9.17, 15) is 13.2 Å². The number of carbonyl (C=O) groups excluding carboxylic acids is 1. The van der Waals surface area contributed by atoms with E-state index in [1.165, 1.54) is 10.9 Å². The fraction of sp³-hybridized carbons (Fsp3) is 0.267. The monoisotopic (exact) mass is 339 g/mol. The van der Waals surface area contributed by atoms with Crippen molar-refractivity contribution in [2.24, 2.45) is 0 Å². The molecule has 118 valence electrons. The number of sulfone groups is 1. The second kappa shape index (κ2) is 7.04. The van der Waals surface area contributed by atoms with Gasteiger partial charge in [-0.05, 0) is 23.6 Å². The van der Waals surface area contributed by atoms with Gasteiger partial charge in [-0.15, -0.1) is 11.3 Å². The zero-order valence-corrected chi connectivity index (χ0v) is 14.1. The molecule has 1 atom stereocenters. The zero-order valence-electron chi connectivity index (χ0n) is 12.5. The molecule has 0 saturated carbocycles. The summed E-state index contributed by atoms with van der Waals surface area (Å²) in [7, 11) is -1.44. The van der Waals surface area contributed by atoms with Crippen molar-refractivity contribution in [3.05, 3.63) is 46.7 Å². The van der Waals surface area contributed by atoms with E-state index in [1.807, 2.05) is 24.6 Å². The number of anilines is 1. The van der Waals surface area contributed by atoms with Crippen molar-refractivity contribution in [3.8, 4) is 0 Å². The number of rotatable bonds is 6. The van der Waals surface area contributed by atoms with E-state index in [2.05, 4.69) is 5.32 Å². The average molecular weight is 339 g/mol. The van der Waals surface area contributed by atoms with E-state index >= 15 is 0 Å². The molecule has 1 amide bonds. The van der Waals surface area contributed by atoms with Gasteiger partial charge in [-0.25, -0.2) is 8.42 Å². The number of quaternary nitrogens is 1. The minimum Gasteiger partial charge on any atom is -0.325 e. The van der Waals surface area contributed by atoms with Gasteiger partial charge in [-0.1, -0.05) is 18.2 Å². The summed E-state index contributed by atoms with van der Waals surface area (Å²) in [5.41, 5.74) is 0.332. The molecule has 0 aliphatic carbocycles. The van der Waals surface area contributed by atoms with Gasteiger partial charge < -0.3 is 10.2 Å². The second-order valence-electron chi connectivity index (χ2n) is 5.21. The molecule has 22 heavy (non-hydrogen) atoms. The highest BCUT2D eigenvalue weighted by atomic mass is 32.2. The topological polar surface area (TPSA) is 67.7 Å². The molecule has 0 aliphatic heterocycles. The van der Waals surface area contributed by atoms with Crippen molar-refractivity contribution in [2.45, 2.75) is 11.4 Å². The van der Waals surface area contributed by atoms with Crippen LogP contribution in [-0.4, -0.2) is 34.2 Å². The predicted octanol–water partition coefficient (Wildman–Crippen LogP) is 0.805. The third-order valence-electron chi connectivity index (χ3n) is 3.08. The number of hydrogen-bond donors (Lipinski definition) is 2. The molecule has 0 spiro atoms. The van der Waals surface area contributed by atoms with Crippen LogP contribution in [0.2, 0.25) is 0 Å². The lowest BCUT2D eigenvalue weighted by Gasteiger charge is -2.14. The van der Waals surface area contributed by atoms with Gasteiger partial charge in [0.1, 0.15) is 6.54 Å². The van der Waals surface area contributed by atoms with Gasteiger partial charge in [0.2, 0.25) is 0 Å². The summed E-state index contributed by atoms with van der Waals surface area (Å²) in [6, 6.07) is 10.4. The number of para-hydroxylation sites is 1. The Kier molecular flexibility index (Phi) is 5.33. The maximum atomic E-state index is 12.1. The SMILES string of the molecule is C[NH+](CC(=O)Nc1ccccc1S(C)(=O)=O)Cc1cccs1. The van der Waals surface area contributed by atoms with Gasteiger partial charge in [-0.2, -0.15) is 0 Å². The largest absolute Gasteiger partial charge is 0.325 e. The highest BCUT2D eigenvalue weighted by Crippen LogP contribution is 2.20. The minimum atomic E-state index is -3.37. The molecule has 1 aromatic carbocycles. The number of likely N-dealkylation sites (N-methyl/N-ethyl adjacent to an activating group) is 1. The Balaban J connectivity index is 2.01. The standard InChI is InChI=1S/C15H18N2O3S2/c1-17(10-12-6-5-9-21-12)11-15(18)16-13-7-3-4-8-14(13)22(2,19)20/h3-9H,10-11H2,1-2H3,(H,16,18)/p+1. The molecule has 0 radical (unpaired) electrons. The molecule has 1 heterocycles. The van der Waals surface area contributed by atoms with Crippen molar-refractivity contribution in [1.82, 2.24) is 0 Å². The molecule has 0 bridgehead atoms. The van der Waals surface area contributed by atoms with E-state index in [0.29, 0.717) is 5.69 Å². The van der Waals surface area contributed by atoms with E-state index in [-0.39, 0.29) is 17.3 Å². The van der Waals surface area contributed by atoms with Crippen LogP contribution in [0.3, 0.4) is 0 Å². The summed E-state index contributed by atoms with van der Waals surface area (Å²) >= 11 is 1.66. The Hall–Kier alpha value is -1.70. The highest BCUT2D eigenvalue weighted by molar-refractivity contribution is 7.90. The molecular weight excluding hydrogens is 320 g/mol. The van der Waals surface area contributed by atoms with Crippen LogP contribution in [0, 0.1) is 0 Å². The average Bonchev–Trinajstić information content (AvgIpc) is 2.90. The van der Waals surface area contributed by atoms with Crippen molar-refractivity contribution in [2.75, 3.05) is 25.2 Å². The summed E-state index contributed by atoms with van der Waals surface area (Å²) < 4.78 is 23.4. The molecule has 5 nitrogen and oxygen atoms in total. The van der Waals surface area contributed by atoms with Crippen LogP contribution >= 0.6 is 11.3 Å². The minimum absolute atomic E-state index is 0.138. The van der Waals surface area contributed by atoms with Crippen molar-refractivity contribution >= 4 is 32.8 Å². The summed E-state index contributed by atoms with van der Waals surface area (Å²) in [5, 5.41) is 4.70. The van der Waals surface area contributed by atoms with Gasteiger partial charge in [0.25, 0.3) is 5.91 Å². The number of benzene rings is 1. The van der Waals surface area contributed by atoms with Gasteiger partial charge >= 0.3 is 0 Å². The molecule has 0 aliphatic rings. The Morgan fingerprint density at radius 1 is 1.23 bits per heavy atom. The summed E-state index contributed by atoms with van der Waals surface area (Å²) in [4.78, 5) is 14.5. The fourth-order valence-electron chi connectivity index (χ4n) is 2.13. The zero-order chi connectivity index (χ0) is 16.2. The predicted molar refractivity (Wildman–Crippen MR) is 88.0 cm³/mol. The summed E-state index contributed by atoms with van der Waals surface area (Å²) in [5.74, 6) is -0.204. The van der Waals surface area contributed by atoms with Crippen molar-refractivity contribution < 1.29 is 18.1 Å². The molecule has 0 saturated heterocycles. The van der Waals surface area contributed by atoms with Crippen LogP contribution in [0.5, 0.6) is 0 Å². The van der Waals surface area contributed by atoms with E-state index in [0.717, 1.165) is 17.7 Å². The smallest absolute Gasteiger partial charge is 0.279 e. The number of thiophene rings is 1. The van der Waals surface area contributed by atoms with E-state index in [4.69, 9.17) is 0 Å². The third kappa shape index (κ3) is 4.66. The van der Waals surface area contributed by atoms with Gasteiger partial charge in [0.05, 0.1) is 22.5 Å². The maximum absolute atomic E-state index is 12.1. The number of nitrogens with one attached hydrogen (secondary N) is 2. The Labute approximate surface area is 134 Å². The second-order valence-corrected chi connectivity index (χ2v) is 8.22. The van der Waals surface area contributed by atoms with Crippen LogP contribution < -0.4 is 10.2 Å². The summed E-state index contributed by atoms with van der Waals surface area (Å²) in [6.07, 6.45) is 1.13. The van der Waals surface area contributed by atoms with Crippen molar-refractivity contribution in [1.29, 1.82) is 0 Å². The maximum Gasteiger partial charge on any atom is 0.279 e. The molecule has 7 heteroatoms. The number of hydrogen-bond acceptors (Lipinski definition) is 4. The van der Waals surface area contributed by atoms with E-state index in [1.54, 1.807) is 29.5 Å². The Morgan fingerprint density at radius 2 is 1.95 bits per heavy atom. The number of amides is 1. The van der Waals surface area contributed by atoms with Crippen LogP contribution in [0.15, 0.2) is 46.7 Å². The van der Waals surface area contributed by atoms with Gasteiger partial charge in [-0.3, -0.25) is 4.79 Å². The lowest BCUT2D eigenvalue weighted by atomic mass is 10.3. The Bertz CT molecular complexity index is 740. The van der Waals surface area contributed by atoms with Crippen molar-refractivity contribution in [3.63, 3.8) is 0 Å². The molecule has 2 aromatic rings. The highest BCUT2D eigenvalue weighted by Gasteiger charge is 2.16. The van der Waals surface area contributed by atoms with Gasteiger partial charge in [0, 0.05) is 6.26 Å². The molecule has 2 rings (SSSR count). The first-order valence-electron chi connectivity index (χ1n) is 6.79. The van der Waals surface area contributed by atoms with Crippen LogP contribution in [0.1, 0.15) is 4.88 Å². The molecule has 1 unspecified atom stereocenters. The first-order valence-corrected chi connectivity index (χ1v) is 9.56. The van der Waals surface area contributed by atoms with Gasteiger partial charge in [0.15, 0.2) is 16.4 Å². The summed E-state index contributed by atoms with van der Waals surface area (Å²) in [6.45, 7) is 1.04. The van der Waals surface area contributed by atoms with Crippen LogP contribution in [0.25, 0.3) is 0 Å². The molecule has 2 N–H and O–H groups in total. The molecule has 1 aromatic heterocycles. The van der Waals surface area contributed by atoms with Crippen LogP contribution in [-0.2, 0) is 21.2 Å². The molecular formula is C15H19N2O3S2+. The lowest BCUT2D eigenvalue weighted by molar-refractivity contribution is -0.884. The quantitative estimate of drug-likeness (QED) is 0.818. The first-order chi connectivity index (χ1) is 10.4. The third-order valence-corrected chi connectivity index (χ3v) is 5.11. The van der Waals surface area contributed by atoms with E-state index < -0.39 is 9.84 Å². The fourth-order valence-corrected chi connectivity index (χ4v) is 3.80. The first kappa shape index (κ1) is 16.7. The molecule has 0 fully saturated rings. The Morgan fingerprint density at radius 3 is 2.59 bits per heavy atom. The van der Waals surface area contributed by atoms with Crippen LogP contribution in [0.4, 0.5) is 5.69 Å². The lowest BCUT2D eigenvalue weighted by Crippen LogP contribution is -3.08.